The number of aromatic nitrogens is 1. The van der Waals surface area contributed by atoms with Crippen LogP contribution >= 0.6 is 11.6 Å². The molecular formula is C15H15ClN2O3S. The molecule has 0 fully saturated rings. The molecular weight excluding hydrogens is 324 g/mol. The van der Waals surface area contributed by atoms with Crippen molar-refractivity contribution in [3.63, 3.8) is 0 Å². The molecule has 0 aliphatic carbocycles. The Balaban J connectivity index is 2.24. The molecule has 1 amide bonds. The lowest BCUT2D eigenvalue weighted by Gasteiger charge is -2.14. The molecule has 0 saturated heterocycles. The first kappa shape index (κ1) is 16.5. The van der Waals surface area contributed by atoms with E-state index in [4.69, 9.17) is 11.6 Å². The molecule has 1 aromatic heterocycles. The molecule has 2 rings (SSSR count). The van der Waals surface area contributed by atoms with Gasteiger partial charge in [-0.15, -0.1) is 0 Å². The van der Waals surface area contributed by atoms with Gasteiger partial charge in [-0.2, -0.15) is 0 Å². The normalized spacial score (nSPS) is 12.7. The monoisotopic (exact) mass is 338 g/mol. The zero-order valence-electron chi connectivity index (χ0n) is 12.1. The number of amides is 1. The van der Waals surface area contributed by atoms with Crippen LogP contribution < -0.4 is 5.32 Å². The molecule has 1 heterocycles. The van der Waals surface area contributed by atoms with Crippen LogP contribution in [-0.4, -0.2) is 25.6 Å². The molecule has 2 aromatic rings. The fourth-order valence-corrected chi connectivity index (χ4v) is 3.22. The van der Waals surface area contributed by atoms with Gasteiger partial charge in [-0.05, 0) is 37.3 Å². The molecule has 116 valence electrons. The Morgan fingerprint density at radius 2 is 2.00 bits per heavy atom. The van der Waals surface area contributed by atoms with Crippen LogP contribution in [0, 0.1) is 0 Å². The average molecular weight is 339 g/mol. The van der Waals surface area contributed by atoms with Crippen molar-refractivity contribution in [1.82, 2.24) is 10.3 Å². The van der Waals surface area contributed by atoms with Crippen LogP contribution in [0.1, 0.15) is 29.0 Å². The number of carbonyl (C=O) groups is 1. The van der Waals surface area contributed by atoms with Gasteiger partial charge in [0.15, 0.2) is 9.84 Å². The number of hydrogen-bond acceptors (Lipinski definition) is 4. The third-order valence-electron chi connectivity index (χ3n) is 3.07. The summed E-state index contributed by atoms with van der Waals surface area (Å²) in [6.45, 7) is 1.80. The van der Waals surface area contributed by atoms with Crippen LogP contribution in [0.2, 0.25) is 5.02 Å². The zero-order chi connectivity index (χ0) is 16.3. The summed E-state index contributed by atoms with van der Waals surface area (Å²) in [5, 5.41) is 2.87. The van der Waals surface area contributed by atoms with Crippen LogP contribution in [0.25, 0.3) is 0 Å². The summed E-state index contributed by atoms with van der Waals surface area (Å²) in [4.78, 5) is 16.3. The number of pyridine rings is 1. The van der Waals surface area contributed by atoms with Crippen LogP contribution in [0.5, 0.6) is 0 Å². The van der Waals surface area contributed by atoms with Gasteiger partial charge in [-0.3, -0.25) is 9.78 Å². The van der Waals surface area contributed by atoms with Crippen LogP contribution in [0.3, 0.4) is 0 Å². The number of carbonyl (C=O) groups excluding carboxylic acids is 1. The van der Waals surface area contributed by atoms with E-state index in [0.29, 0.717) is 5.69 Å². The number of nitrogens with one attached hydrogen (secondary N) is 1. The van der Waals surface area contributed by atoms with E-state index in [1.807, 2.05) is 6.07 Å². The molecule has 0 saturated carbocycles. The minimum Gasteiger partial charge on any atom is -0.344 e. The summed E-state index contributed by atoms with van der Waals surface area (Å²) in [5.74, 6) is -0.389. The van der Waals surface area contributed by atoms with Crippen LogP contribution in [0.4, 0.5) is 0 Å². The quantitative estimate of drug-likeness (QED) is 0.929. The van der Waals surface area contributed by atoms with E-state index in [1.165, 1.54) is 18.2 Å². The maximum atomic E-state index is 12.2. The van der Waals surface area contributed by atoms with Gasteiger partial charge in [0.05, 0.1) is 21.7 Å². The van der Waals surface area contributed by atoms with Crippen molar-refractivity contribution < 1.29 is 13.2 Å². The Labute approximate surface area is 134 Å². The molecule has 22 heavy (non-hydrogen) atoms. The second-order valence-corrected chi connectivity index (χ2v) is 7.26. The summed E-state index contributed by atoms with van der Waals surface area (Å²) >= 11 is 5.87. The molecule has 1 aromatic carbocycles. The average Bonchev–Trinajstić information content (AvgIpc) is 2.47. The first-order valence-electron chi connectivity index (χ1n) is 6.50. The third-order valence-corrected chi connectivity index (χ3v) is 4.65. The highest BCUT2D eigenvalue weighted by Gasteiger charge is 2.17. The fourth-order valence-electron chi connectivity index (χ4n) is 1.91. The van der Waals surface area contributed by atoms with Gasteiger partial charge in [0.2, 0.25) is 0 Å². The molecule has 0 spiro atoms. The topological polar surface area (TPSA) is 76.1 Å². The lowest BCUT2D eigenvalue weighted by molar-refractivity contribution is 0.0939. The fraction of sp³-hybridized carbons (Fsp3) is 0.200. The molecule has 1 atom stereocenters. The van der Waals surface area contributed by atoms with Crippen molar-refractivity contribution in [2.45, 2.75) is 17.9 Å². The van der Waals surface area contributed by atoms with Gasteiger partial charge in [0, 0.05) is 18.0 Å². The zero-order valence-corrected chi connectivity index (χ0v) is 13.6. The first-order valence-corrected chi connectivity index (χ1v) is 8.77. The smallest absolute Gasteiger partial charge is 0.251 e. The van der Waals surface area contributed by atoms with Gasteiger partial charge in [-0.1, -0.05) is 17.7 Å². The Hall–Kier alpha value is -1.92. The lowest BCUT2D eigenvalue weighted by atomic mass is 10.1. The van der Waals surface area contributed by atoms with E-state index in [-0.39, 0.29) is 27.4 Å². The Morgan fingerprint density at radius 1 is 1.27 bits per heavy atom. The molecule has 1 unspecified atom stereocenters. The number of rotatable bonds is 4. The predicted molar refractivity (Wildman–Crippen MR) is 84.7 cm³/mol. The Bertz CT molecular complexity index is 792. The van der Waals surface area contributed by atoms with E-state index in [2.05, 4.69) is 10.3 Å². The van der Waals surface area contributed by atoms with Gasteiger partial charge >= 0.3 is 0 Å². The van der Waals surface area contributed by atoms with E-state index in [9.17, 15) is 13.2 Å². The number of nitrogens with zero attached hydrogens (tertiary/aromatic N) is 1. The van der Waals surface area contributed by atoms with Crippen molar-refractivity contribution in [3.05, 3.63) is 58.9 Å². The van der Waals surface area contributed by atoms with Crippen molar-refractivity contribution in [2.75, 3.05) is 6.26 Å². The van der Waals surface area contributed by atoms with Gasteiger partial charge < -0.3 is 5.32 Å². The second-order valence-electron chi connectivity index (χ2n) is 4.87. The van der Waals surface area contributed by atoms with Gasteiger partial charge in [0.25, 0.3) is 5.91 Å². The standard InChI is InChI=1S/C15H15ClN2O3S/c1-10(13-5-3-4-8-17-13)18-15(19)11-6-7-12(16)14(9-11)22(2,20)21/h3-10H,1-2H3,(H,18,19). The van der Waals surface area contributed by atoms with Gasteiger partial charge in [0.1, 0.15) is 0 Å². The summed E-state index contributed by atoms with van der Waals surface area (Å²) in [6.07, 6.45) is 2.69. The van der Waals surface area contributed by atoms with E-state index in [1.54, 1.807) is 25.3 Å². The van der Waals surface area contributed by atoms with Gasteiger partial charge in [-0.25, -0.2) is 8.42 Å². The third kappa shape index (κ3) is 3.84. The highest BCUT2D eigenvalue weighted by molar-refractivity contribution is 7.90. The number of hydrogen-bond donors (Lipinski definition) is 1. The number of benzene rings is 1. The Morgan fingerprint density at radius 3 is 2.59 bits per heavy atom. The maximum absolute atomic E-state index is 12.2. The van der Waals surface area contributed by atoms with E-state index in [0.717, 1.165) is 6.26 Å². The maximum Gasteiger partial charge on any atom is 0.251 e. The summed E-state index contributed by atoms with van der Waals surface area (Å²) in [6, 6.07) is 9.28. The van der Waals surface area contributed by atoms with Crippen molar-refractivity contribution in [2.24, 2.45) is 0 Å². The largest absolute Gasteiger partial charge is 0.344 e. The van der Waals surface area contributed by atoms with Crippen LogP contribution in [-0.2, 0) is 9.84 Å². The number of halogens is 1. The highest BCUT2D eigenvalue weighted by Crippen LogP contribution is 2.23. The van der Waals surface area contributed by atoms with Crippen LogP contribution in [0.15, 0.2) is 47.5 Å². The predicted octanol–water partition coefficient (Wildman–Crippen LogP) is 2.63. The molecule has 0 bridgehead atoms. The number of sulfone groups is 1. The lowest BCUT2D eigenvalue weighted by Crippen LogP contribution is -2.27. The molecule has 0 aliphatic rings. The minimum absolute atomic E-state index is 0.0627. The highest BCUT2D eigenvalue weighted by atomic mass is 35.5. The Kier molecular flexibility index (Phi) is 4.83. The van der Waals surface area contributed by atoms with Crippen molar-refractivity contribution in [1.29, 1.82) is 0 Å². The second kappa shape index (κ2) is 6.46. The molecule has 7 heteroatoms. The van der Waals surface area contributed by atoms with Crippen molar-refractivity contribution >= 4 is 27.3 Å². The summed E-state index contributed by atoms with van der Waals surface area (Å²) in [7, 11) is -3.49. The van der Waals surface area contributed by atoms with E-state index >= 15 is 0 Å². The molecule has 0 aliphatic heterocycles. The van der Waals surface area contributed by atoms with E-state index < -0.39 is 9.84 Å². The minimum atomic E-state index is -3.49. The SMILES string of the molecule is CC(NC(=O)c1ccc(Cl)c(S(C)(=O)=O)c1)c1ccccn1. The molecule has 0 radical (unpaired) electrons. The summed E-state index contributed by atoms with van der Waals surface area (Å²) in [5.41, 5.74) is 0.945. The molecule has 5 nitrogen and oxygen atoms in total. The first-order chi connectivity index (χ1) is 10.3. The summed E-state index contributed by atoms with van der Waals surface area (Å²) < 4.78 is 23.3. The van der Waals surface area contributed by atoms with Crippen molar-refractivity contribution in [3.8, 4) is 0 Å². The molecule has 1 N–H and O–H groups in total.